The number of hydrogen-bond donors (Lipinski definition) is 2. The summed E-state index contributed by atoms with van der Waals surface area (Å²) in [6.07, 6.45) is 0.332. The predicted octanol–water partition coefficient (Wildman–Crippen LogP) is 5.28. The van der Waals surface area contributed by atoms with Crippen molar-refractivity contribution in [3.63, 3.8) is 0 Å². The van der Waals surface area contributed by atoms with Crippen LogP contribution in [-0.2, 0) is 30.3 Å². The van der Waals surface area contributed by atoms with Crippen LogP contribution in [0.3, 0.4) is 0 Å². The van der Waals surface area contributed by atoms with Crippen molar-refractivity contribution in [3.05, 3.63) is 23.8 Å². The second-order valence-electron chi connectivity index (χ2n) is 13.0. The highest BCUT2D eigenvalue weighted by atomic mass is 16.6. The van der Waals surface area contributed by atoms with Gasteiger partial charge in [0, 0.05) is 12.5 Å². The van der Waals surface area contributed by atoms with E-state index < -0.39 is 45.8 Å². The molecule has 0 radical (unpaired) electrons. The van der Waals surface area contributed by atoms with Crippen molar-refractivity contribution in [2.75, 3.05) is 0 Å². The van der Waals surface area contributed by atoms with Crippen LogP contribution in [0.5, 0.6) is 11.5 Å². The first kappa shape index (κ1) is 33.1. The molecule has 0 aliphatic rings. The van der Waals surface area contributed by atoms with Crippen LogP contribution in [0.15, 0.2) is 18.2 Å². The van der Waals surface area contributed by atoms with Crippen molar-refractivity contribution in [3.8, 4) is 11.5 Å². The van der Waals surface area contributed by atoms with Crippen molar-refractivity contribution in [2.24, 2.45) is 16.2 Å². The van der Waals surface area contributed by atoms with Crippen molar-refractivity contribution < 1.29 is 38.5 Å². The second kappa shape index (κ2) is 12.3. The Morgan fingerprint density at radius 2 is 1.37 bits per heavy atom. The lowest BCUT2D eigenvalue weighted by Crippen LogP contribution is -2.59. The molecular weight excluding hydrogens is 490 g/mol. The third-order valence-electron chi connectivity index (χ3n) is 5.49. The van der Waals surface area contributed by atoms with Gasteiger partial charge < -0.3 is 19.3 Å². The van der Waals surface area contributed by atoms with Gasteiger partial charge in [0.25, 0.3) is 5.72 Å². The fourth-order valence-corrected chi connectivity index (χ4v) is 3.08. The first-order valence-electron chi connectivity index (χ1n) is 12.9. The highest BCUT2D eigenvalue weighted by Crippen LogP contribution is 2.34. The third kappa shape index (κ3) is 10.1. The number of carbonyl (C=O) groups excluding carboxylic acids is 3. The number of aliphatic carboxylic acids is 1. The lowest BCUT2D eigenvalue weighted by molar-refractivity contribution is -0.185. The molecule has 1 rings (SSSR count). The van der Waals surface area contributed by atoms with Crippen molar-refractivity contribution >= 4 is 23.9 Å². The average molecular weight is 536 g/mol. The predicted molar refractivity (Wildman–Crippen MR) is 144 cm³/mol. The number of nitrogens with one attached hydrogen (secondary N) is 1. The normalized spacial score (nSPS) is 14.7. The van der Waals surface area contributed by atoms with Gasteiger partial charge in [0.2, 0.25) is 0 Å². The van der Waals surface area contributed by atoms with Crippen LogP contribution >= 0.6 is 0 Å². The SMILES string of the molecule is CCC(C)N[C@@](Cc1ccc(OC(=O)C(C)(C)C)c(OC(=O)C(C)(C)C)c1)(OC(=O)CC(C)(C)C)C(=O)O. The number of carboxylic acid groups (broad SMARTS) is 1. The third-order valence-corrected chi connectivity index (χ3v) is 5.49. The van der Waals surface area contributed by atoms with E-state index in [0.29, 0.717) is 12.0 Å². The minimum Gasteiger partial charge on any atom is -0.477 e. The minimum atomic E-state index is -2.08. The molecule has 0 aliphatic carbocycles. The molecule has 1 unspecified atom stereocenters. The second-order valence-corrected chi connectivity index (χ2v) is 13.0. The zero-order valence-corrected chi connectivity index (χ0v) is 24.7. The molecule has 0 aliphatic heterocycles. The van der Waals surface area contributed by atoms with Crippen molar-refractivity contribution in [1.82, 2.24) is 5.32 Å². The average Bonchev–Trinajstić information content (AvgIpc) is 2.72. The summed E-state index contributed by atoms with van der Waals surface area (Å²) in [5.74, 6) is -3.15. The number of esters is 3. The van der Waals surface area contributed by atoms with E-state index in [4.69, 9.17) is 14.2 Å². The Morgan fingerprint density at radius 1 is 0.868 bits per heavy atom. The molecule has 9 heteroatoms. The van der Waals surface area contributed by atoms with Crippen LogP contribution in [0.2, 0.25) is 0 Å². The van der Waals surface area contributed by atoms with Crippen LogP contribution in [0.25, 0.3) is 0 Å². The number of ether oxygens (including phenoxy) is 3. The van der Waals surface area contributed by atoms with Gasteiger partial charge >= 0.3 is 23.9 Å². The van der Waals surface area contributed by atoms with Crippen LogP contribution in [0.4, 0.5) is 0 Å². The molecule has 2 N–H and O–H groups in total. The zero-order chi connectivity index (χ0) is 29.7. The Morgan fingerprint density at radius 3 is 1.79 bits per heavy atom. The lowest BCUT2D eigenvalue weighted by atomic mass is 9.92. The molecule has 0 saturated heterocycles. The van der Waals surface area contributed by atoms with Gasteiger partial charge in [-0.2, -0.15) is 0 Å². The number of rotatable bonds is 10. The van der Waals surface area contributed by atoms with Gasteiger partial charge in [-0.3, -0.25) is 19.7 Å². The molecule has 0 bridgehead atoms. The van der Waals surface area contributed by atoms with Crippen molar-refractivity contribution in [1.29, 1.82) is 0 Å². The fourth-order valence-electron chi connectivity index (χ4n) is 3.08. The van der Waals surface area contributed by atoms with E-state index in [-0.39, 0.29) is 30.4 Å². The smallest absolute Gasteiger partial charge is 0.364 e. The Hall–Kier alpha value is -2.94. The number of benzene rings is 1. The van der Waals surface area contributed by atoms with E-state index in [2.05, 4.69) is 5.32 Å². The maximum absolute atomic E-state index is 12.8. The molecular formula is C29H45NO8. The van der Waals surface area contributed by atoms with Crippen LogP contribution in [-0.4, -0.2) is 40.8 Å². The van der Waals surface area contributed by atoms with E-state index >= 15 is 0 Å². The molecule has 0 saturated carbocycles. The number of carbonyl (C=O) groups is 4. The summed E-state index contributed by atoms with van der Waals surface area (Å²) in [6, 6.07) is 4.13. The summed E-state index contributed by atoms with van der Waals surface area (Å²) in [5.41, 5.74) is -3.77. The largest absolute Gasteiger partial charge is 0.477 e. The van der Waals surface area contributed by atoms with E-state index in [1.54, 1.807) is 54.5 Å². The summed E-state index contributed by atoms with van der Waals surface area (Å²) in [6.45, 7) is 19.4. The quantitative estimate of drug-likeness (QED) is 0.233. The molecule has 0 fully saturated rings. The zero-order valence-electron chi connectivity index (χ0n) is 24.7. The highest BCUT2D eigenvalue weighted by Gasteiger charge is 2.44. The summed E-state index contributed by atoms with van der Waals surface area (Å²) < 4.78 is 16.7. The molecule has 0 amide bonds. The lowest BCUT2D eigenvalue weighted by Gasteiger charge is -2.34. The van der Waals surface area contributed by atoms with Gasteiger partial charge in [0.05, 0.1) is 17.3 Å². The first-order chi connectivity index (χ1) is 17.1. The van der Waals surface area contributed by atoms with E-state index in [9.17, 15) is 24.3 Å². The van der Waals surface area contributed by atoms with Gasteiger partial charge in [-0.15, -0.1) is 0 Å². The molecule has 0 aromatic heterocycles. The van der Waals surface area contributed by atoms with Crippen LogP contribution < -0.4 is 14.8 Å². The van der Waals surface area contributed by atoms with E-state index in [1.165, 1.54) is 12.1 Å². The highest BCUT2D eigenvalue weighted by molar-refractivity contribution is 5.83. The van der Waals surface area contributed by atoms with Gasteiger partial charge in [0.1, 0.15) is 0 Å². The maximum Gasteiger partial charge on any atom is 0.364 e. The monoisotopic (exact) mass is 535 g/mol. The Bertz CT molecular complexity index is 1030. The van der Waals surface area contributed by atoms with Gasteiger partial charge in [0.15, 0.2) is 11.5 Å². The molecule has 38 heavy (non-hydrogen) atoms. The Balaban J connectivity index is 3.58. The van der Waals surface area contributed by atoms with Gasteiger partial charge in [-0.1, -0.05) is 33.8 Å². The molecule has 2 atom stereocenters. The summed E-state index contributed by atoms with van der Waals surface area (Å²) in [5, 5.41) is 13.2. The first-order valence-corrected chi connectivity index (χ1v) is 12.9. The Labute approximate surface area is 226 Å². The summed E-state index contributed by atoms with van der Waals surface area (Å²) in [4.78, 5) is 50.6. The van der Waals surface area contributed by atoms with Gasteiger partial charge in [-0.05, 0) is 78.0 Å². The standard InChI is InChI=1S/C29H45NO8/c1-12-18(2)30-29(23(32)33,38-22(31)17-26(3,4)5)16-19-13-14-20(36-24(34)27(6,7)8)21(15-19)37-25(35)28(9,10)11/h13-15,18,30H,12,16-17H2,1-11H3,(H,32,33)/t18?,29-/m0/s1. The molecule has 0 heterocycles. The topological polar surface area (TPSA) is 128 Å². The molecule has 214 valence electrons. The number of carboxylic acids is 1. The molecule has 0 spiro atoms. The van der Waals surface area contributed by atoms with Crippen LogP contribution in [0.1, 0.15) is 94.6 Å². The molecule has 1 aromatic carbocycles. The minimum absolute atomic E-state index is 0.0142. The molecule has 9 nitrogen and oxygen atoms in total. The molecule has 1 aromatic rings. The fraction of sp³-hybridized carbons (Fsp3) is 0.655. The van der Waals surface area contributed by atoms with Crippen molar-refractivity contribution in [2.45, 2.75) is 107 Å². The maximum atomic E-state index is 12.8. The number of hydrogen-bond acceptors (Lipinski definition) is 8. The van der Waals surface area contributed by atoms with Crippen LogP contribution in [0, 0.1) is 16.2 Å². The summed E-state index contributed by atoms with van der Waals surface area (Å²) in [7, 11) is 0. The Kier molecular flexibility index (Phi) is 10.7. The summed E-state index contributed by atoms with van der Waals surface area (Å²) >= 11 is 0. The van der Waals surface area contributed by atoms with E-state index in [1.807, 2.05) is 27.7 Å². The van der Waals surface area contributed by atoms with Gasteiger partial charge in [-0.25, -0.2) is 4.79 Å². The van der Waals surface area contributed by atoms with E-state index in [0.717, 1.165) is 0 Å².